The quantitative estimate of drug-likeness (QED) is 0.402. The second-order valence-corrected chi connectivity index (χ2v) is 5.27. The van der Waals surface area contributed by atoms with Crippen LogP contribution in [0.2, 0.25) is 0 Å². The molecule has 2 aromatic rings. The highest BCUT2D eigenvalue weighted by Crippen LogP contribution is 2.13. The molecule has 1 aromatic carbocycles. The summed E-state index contributed by atoms with van der Waals surface area (Å²) in [6.07, 6.45) is 5.54. The summed E-state index contributed by atoms with van der Waals surface area (Å²) in [6.45, 7) is 2.03. The number of nitrogens with zero attached hydrogens (tertiary/aromatic N) is 1. The predicted molar refractivity (Wildman–Crippen MR) is 90.1 cm³/mol. The summed E-state index contributed by atoms with van der Waals surface area (Å²) >= 11 is 0. The number of benzene rings is 1. The van der Waals surface area contributed by atoms with Gasteiger partial charge in [-0.1, -0.05) is 6.92 Å². The fourth-order valence-corrected chi connectivity index (χ4v) is 2.14. The lowest BCUT2D eigenvalue weighted by molar-refractivity contribution is -0.146. The van der Waals surface area contributed by atoms with Gasteiger partial charge >= 0.3 is 5.97 Å². The Morgan fingerprint density at radius 3 is 2.42 bits per heavy atom. The van der Waals surface area contributed by atoms with Gasteiger partial charge in [0.2, 0.25) is 0 Å². The SMILES string of the molecule is CCC(=O)c1ccc(OCC(=O)OCCCc2ccncc2)cc1. The van der Waals surface area contributed by atoms with Crippen molar-refractivity contribution in [2.45, 2.75) is 26.2 Å². The summed E-state index contributed by atoms with van der Waals surface area (Å²) < 4.78 is 10.5. The van der Waals surface area contributed by atoms with Crippen molar-refractivity contribution in [2.24, 2.45) is 0 Å². The van der Waals surface area contributed by atoms with Gasteiger partial charge in [-0.15, -0.1) is 0 Å². The summed E-state index contributed by atoms with van der Waals surface area (Å²) in [4.78, 5) is 27.1. The monoisotopic (exact) mass is 327 g/mol. The Kier molecular flexibility index (Phi) is 6.95. The fourth-order valence-electron chi connectivity index (χ4n) is 2.14. The van der Waals surface area contributed by atoms with Gasteiger partial charge in [0.25, 0.3) is 0 Å². The Bertz CT molecular complexity index is 653. The number of aryl methyl sites for hydroxylation is 1. The van der Waals surface area contributed by atoms with Gasteiger partial charge in [0.05, 0.1) is 6.61 Å². The molecule has 0 bridgehead atoms. The first-order valence-electron chi connectivity index (χ1n) is 7.99. The van der Waals surface area contributed by atoms with Crippen LogP contribution in [0.25, 0.3) is 0 Å². The Morgan fingerprint density at radius 2 is 1.75 bits per heavy atom. The van der Waals surface area contributed by atoms with Crippen LogP contribution in [-0.2, 0) is 16.0 Å². The molecule has 0 amide bonds. The molecule has 5 heteroatoms. The molecule has 0 aliphatic heterocycles. The lowest BCUT2D eigenvalue weighted by Crippen LogP contribution is -2.15. The molecule has 0 unspecified atom stereocenters. The number of hydrogen-bond acceptors (Lipinski definition) is 5. The van der Waals surface area contributed by atoms with Crippen molar-refractivity contribution in [2.75, 3.05) is 13.2 Å². The third kappa shape index (κ3) is 5.83. The van der Waals surface area contributed by atoms with Crippen LogP contribution in [0.4, 0.5) is 0 Å². The maximum atomic E-state index is 11.6. The number of ketones is 1. The minimum atomic E-state index is -0.404. The summed E-state index contributed by atoms with van der Waals surface area (Å²) in [5.41, 5.74) is 1.81. The average Bonchev–Trinajstić information content (AvgIpc) is 2.64. The molecule has 24 heavy (non-hydrogen) atoms. The van der Waals surface area contributed by atoms with Crippen LogP contribution >= 0.6 is 0 Å². The zero-order valence-electron chi connectivity index (χ0n) is 13.7. The lowest BCUT2D eigenvalue weighted by atomic mass is 10.1. The van der Waals surface area contributed by atoms with Gasteiger partial charge < -0.3 is 9.47 Å². The van der Waals surface area contributed by atoms with Crippen molar-refractivity contribution in [3.05, 3.63) is 59.9 Å². The highest BCUT2D eigenvalue weighted by Gasteiger charge is 2.06. The van der Waals surface area contributed by atoms with Crippen LogP contribution in [-0.4, -0.2) is 30.0 Å². The molecule has 0 aliphatic rings. The second-order valence-electron chi connectivity index (χ2n) is 5.27. The van der Waals surface area contributed by atoms with E-state index in [0.717, 1.165) is 12.8 Å². The smallest absolute Gasteiger partial charge is 0.344 e. The van der Waals surface area contributed by atoms with Crippen LogP contribution < -0.4 is 4.74 Å². The van der Waals surface area contributed by atoms with Gasteiger partial charge in [-0.05, 0) is 54.8 Å². The molecule has 0 N–H and O–H groups in total. The average molecular weight is 327 g/mol. The third-order valence-electron chi connectivity index (χ3n) is 3.48. The number of rotatable bonds is 9. The van der Waals surface area contributed by atoms with Gasteiger partial charge in [-0.25, -0.2) is 4.79 Å². The summed E-state index contributed by atoms with van der Waals surface area (Å²) in [7, 11) is 0. The molecule has 126 valence electrons. The van der Waals surface area contributed by atoms with Crippen molar-refractivity contribution < 1.29 is 19.1 Å². The minimum Gasteiger partial charge on any atom is -0.482 e. The van der Waals surface area contributed by atoms with Gasteiger partial charge in [0.1, 0.15) is 5.75 Å². The number of carbonyl (C=O) groups is 2. The van der Waals surface area contributed by atoms with Crippen molar-refractivity contribution in [3.8, 4) is 5.75 Å². The fraction of sp³-hybridized carbons (Fsp3) is 0.316. The predicted octanol–water partition coefficient (Wildman–Crippen LogP) is 3.23. The Morgan fingerprint density at radius 1 is 1.04 bits per heavy atom. The number of aromatic nitrogens is 1. The molecule has 1 heterocycles. The number of Topliss-reactive ketones (excluding diaryl/α,β-unsaturated/α-hetero) is 1. The molecule has 5 nitrogen and oxygen atoms in total. The molecule has 0 saturated heterocycles. The van der Waals surface area contributed by atoms with Crippen LogP contribution in [0, 0.1) is 0 Å². The Hall–Kier alpha value is -2.69. The van der Waals surface area contributed by atoms with E-state index in [-0.39, 0.29) is 12.4 Å². The number of esters is 1. The van der Waals surface area contributed by atoms with Gasteiger partial charge in [-0.2, -0.15) is 0 Å². The molecule has 0 radical (unpaired) electrons. The van der Waals surface area contributed by atoms with E-state index < -0.39 is 5.97 Å². The molecule has 0 atom stereocenters. The van der Waals surface area contributed by atoms with Crippen molar-refractivity contribution >= 4 is 11.8 Å². The highest BCUT2D eigenvalue weighted by molar-refractivity contribution is 5.95. The number of carbonyl (C=O) groups excluding carboxylic acids is 2. The van der Waals surface area contributed by atoms with Gasteiger partial charge in [-0.3, -0.25) is 9.78 Å². The molecular formula is C19H21NO4. The first kappa shape index (κ1) is 17.7. The lowest BCUT2D eigenvalue weighted by Gasteiger charge is -2.07. The van der Waals surface area contributed by atoms with E-state index in [1.165, 1.54) is 5.56 Å². The Balaban J connectivity index is 1.65. The molecule has 0 spiro atoms. The summed E-state index contributed by atoms with van der Waals surface area (Å²) in [5.74, 6) is 0.213. The normalized spacial score (nSPS) is 10.2. The standard InChI is InChI=1S/C19H21NO4/c1-2-18(21)16-5-7-17(8-6-16)24-14-19(22)23-13-3-4-15-9-11-20-12-10-15/h5-12H,2-4,13-14H2,1H3. The van der Waals surface area contributed by atoms with E-state index in [4.69, 9.17) is 9.47 Å². The van der Waals surface area contributed by atoms with Crippen LogP contribution in [0.3, 0.4) is 0 Å². The number of hydrogen-bond donors (Lipinski definition) is 0. The maximum absolute atomic E-state index is 11.6. The van der Waals surface area contributed by atoms with E-state index in [1.54, 1.807) is 36.7 Å². The van der Waals surface area contributed by atoms with E-state index in [0.29, 0.717) is 24.3 Å². The number of ether oxygens (including phenoxy) is 2. The molecule has 0 fully saturated rings. The Labute approximate surface area is 141 Å². The van der Waals surface area contributed by atoms with E-state index >= 15 is 0 Å². The topological polar surface area (TPSA) is 65.5 Å². The molecule has 0 saturated carbocycles. The molecular weight excluding hydrogens is 306 g/mol. The van der Waals surface area contributed by atoms with Crippen molar-refractivity contribution in [3.63, 3.8) is 0 Å². The first-order chi connectivity index (χ1) is 11.7. The van der Waals surface area contributed by atoms with E-state index in [9.17, 15) is 9.59 Å². The first-order valence-corrected chi connectivity index (χ1v) is 7.99. The zero-order chi connectivity index (χ0) is 17.2. The number of pyridine rings is 1. The molecule has 0 aliphatic carbocycles. The minimum absolute atomic E-state index is 0.0788. The van der Waals surface area contributed by atoms with Gasteiger partial charge in [0.15, 0.2) is 12.4 Å². The second kappa shape index (κ2) is 9.45. The molecule has 1 aromatic heterocycles. The summed E-state index contributed by atoms with van der Waals surface area (Å²) in [6, 6.07) is 10.6. The van der Waals surface area contributed by atoms with E-state index in [1.807, 2.05) is 19.1 Å². The van der Waals surface area contributed by atoms with Crippen LogP contribution in [0.5, 0.6) is 5.75 Å². The highest BCUT2D eigenvalue weighted by atomic mass is 16.6. The van der Waals surface area contributed by atoms with Crippen molar-refractivity contribution in [1.82, 2.24) is 4.98 Å². The zero-order valence-corrected chi connectivity index (χ0v) is 13.7. The molecule has 2 rings (SSSR count). The van der Waals surface area contributed by atoms with Crippen molar-refractivity contribution in [1.29, 1.82) is 0 Å². The van der Waals surface area contributed by atoms with Gasteiger partial charge in [0, 0.05) is 24.4 Å². The third-order valence-corrected chi connectivity index (χ3v) is 3.48. The van der Waals surface area contributed by atoms with Crippen LogP contribution in [0.15, 0.2) is 48.8 Å². The largest absolute Gasteiger partial charge is 0.482 e. The summed E-state index contributed by atoms with van der Waals surface area (Å²) in [5, 5.41) is 0. The van der Waals surface area contributed by atoms with E-state index in [2.05, 4.69) is 4.98 Å². The maximum Gasteiger partial charge on any atom is 0.344 e. The van der Waals surface area contributed by atoms with Crippen LogP contribution in [0.1, 0.15) is 35.7 Å².